The first-order valence-corrected chi connectivity index (χ1v) is 5.69. The lowest BCUT2D eigenvalue weighted by atomic mass is 10.0. The second kappa shape index (κ2) is 6.93. The minimum atomic E-state index is -0.340. The van der Waals surface area contributed by atoms with Gasteiger partial charge in [0.1, 0.15) is 0 Å². The lowest BCUT2D eigenvalue weighted by Gasteiger charge is -2.16. The first kappa shape index (κ1) is 13.5. The van der Waals surface area contributed by atoms with Crippen molar-refractivity contribution in [3.8, 4) is 17.6 Å². The fourth-order valence-corrected chi connectivity index (χ4v) is 1.65. The molecule has 1 aromatic rings. The van der Waals surface area contributed by atoms with Crippen LogP contribution in [0.4, 0.5) is 4.39 Å². The Bertz CT molecular complexity index is 420. The molecule has 0 aliphatic rings. The Balaban J connectivity index is 2.95. The van der Waals surface area contributed by atoms with Crippen molar-refractivity contribution in [3.63, 3.8) is 0 Å². The molecule has 0 saturated carbocycles. The van der Waals surface area contributed by atoms with Gasteiger partial charge in [0.25, 0.3) is 0 Å². The summed E-state index contributed by atoms with van der Waals surface area (Å²) in [6.45, 7) is 4.69. The van der Waals surface area contributed by atoms with E-state index in [-0.39, 0.29) is 17.6 Å². The summed E-state index contributed by atoms with van der Waals surface area (Å²) in [7, 11) is 1.47. The fourth-order valence-electron chi connectivity index (χ4n) is 1.65. The van der Waals surface area contributed by atoms with Crippen molar-refractivity contribution >= 4 is 0 Å². The minimum absolute atomic E-state index is 0.113. The van der Waals surface area contributed by atoms with Crippen molar-refractivity contribution in [2.24, 2.45) is 0 Å². The Hall–Kier alpha value is -1.53. The molecule has 0 fully saturated rings. The summed E-state index contributed by atoms with van der Waals surface area (Å²) in [4.78, 5) is 0. The van der Waals surface area contributed by atoms with E-state index in [0.29, 0.717) is 6.42 Å². The Labute approximate surface area is 102 Å². The second-order valence-electron chi connectivity index (χ2n) is 3.64. The van der Waals surface area contributed by atoms with Gasteiger partial charge in [0.15, 0.2) is 11.6 Å². The number of methoxy groups -OCH3 is 1. The van der Waals surface area contributed by atoms with Crippen molar-refractivity contribution in [1.29, 1.82) is 0 Å². The molecule has 0 spiro atoms. The summed E-state index contributed by atoms with van der Waals surface area (Å²) in [5, 5.41) is 3.32. The van der Waals surface area contributed by atoms with E-state index in [1.165, 1.54) is 13.2 Å². The van der Waals surface area contributed by atoms with Crippen LogP contribution in [0.5, 0.6) is 5.75 Å². The highest BCUT2D eigenvalue weighted by Crippen LogP contribution is 2.24. The topological polar surface area (TPSA) is 21.3 Å². The molecule has 0 aromatic heterocycles. The molecule has 0 radical (unpaired) electrons. The van der Waals surface area contributed by atoms with Gasteiger partial charge in [0.2, 0.25) is 0 Å². The van der Waals surface area contributed by atoms with Gasteiger partial charge < -0.3 is 10.1 Å². The van der Waals surface area contributed by atoms with E-state index < -0.39 is 0 Å². The quantitative estimate of drug-likeness (QED) is 0.792. The molecular formula is C14H18FNO. The van der Waals surface area contributed by atoms with E-state index in [4.69, 9.17) is 4.74 Å². The lowest BCUT2D eigenvalue weighted by molar-refractivity contribution is 0.385. The molecule has 0 saturated heterocycles. The molecule has 1 rings (SSSR count). The summed E-state index contributed by atoms with van der Waals surface area (Å²) in [5.41, 5.74) is 0.993. The highest BCUT2D eigenvalue weighted by atomic mass is 19.1. The van der Waals surface area contributed by atoms with Gasteiger partial charge in [-0.3, -0.25) is 0 Å². The Morgan fingerprint density at radius 2 is 2.24 bits per heavy atom. The van der Waals surface area contributed by atoms with Crippen LogP contribution in [-0.2, 0) is 0 Å². The Kier molecular flexibility index (Phi) is 5.51. The van der Waals surface area contributed by atoms with Crippen molar-refractivity contribution < 1.29 is 9.13 Å². The van der Waals surface area contributed by atoms with Gasteiger partial charge in [-0.05, 0) is 31.2 Å². The molecule has 0 bridgehead atoms. The largest absolute Gasteiger partial charge is 0.494 e. The van der Waals surface area contributed by atoms with E-state index >= 15 is 0 Å². The molecular weight excluding hydrogens is 217 g/mol. The number of hydrogen-bond donors (Lipinski definition) is 1. The summed E-state index contributed by atoms with van der Waals surface area (Å²) in [6.07, 6.45) is 0.707. The Morgan fingerprint density at radius 1 is 1.47 bits per heavy atom. The fraction of sp³-hybridized carbons (Fsp3) is 0.429. The van der Waals surface area contributed by atoms with Crippen molar-refractivity contribution in [3.05, 3.63) is 29.6 Å². The van der Waals surface area contributed by atoms with Gasteiger partial charge in [0.05, 0.1) is 7.11 Å². The molecule has 0 heterocycles. The number of ether oxygens (including phenoxy) is 1. The second-order valence-corrected chi connectivity index (χ2v) is 3.64. The average Bonchev–Trinajstić information content (AvgIpc) is 2.35. The summed E-state index contributed by atoms with van der Waals surface area (Å²) < 4.78 is 18.3. The molecule has 1 atom stereocenters. The van der Waals surface area contributed by atoms with Gasteiger partial charge in [-0.2, -0.15) is 0 Å². The zero-order valence-corrected chi connectivity index (χ0v) is 10.5. The summed E-state index contributed by atoms with van der Waals surface area (Å²) in [6, 6.07) is 5.03. The SMILES string of the molecule is CC#CCC(NCC)c1ccc(F)c(OC)c1. The van der Waals surface area contributed by atoms with Gasteiger partial charge in [-0.25, -0.2) is 4.39 Å². The monoisotopic (exact) mass is 235 g/mol. The molecule has 0 aliphatic carbocycles. The minimum Gasteiger partial charge on any atom is -0.494 e. The van der Waals surface area contributed by atoms with Crippen LogP contribution in [0, 0.1) is 17.7 Å². The van der Waals surface area contributed by atoms with E-state index in [0.717, 1.165) is 12.1 Å². The number of hydrogen-bond acceptors (Lipinski definition) is 2. The van der Waals surface area contributed by atoms with Gasteiger partial charge in [0, 0.05) is 12.5 Å². The van der Waals surface area contributed by atoms with Crippen molar-refractivity contribution in [2.75, 3.05) is 13.7 Å². The standard InChI is InChI=1S/C14H18FNO/c1-4-6-7-13(16-5-2)11-8-9-12(15)14(10-11)17-3/h8-10,13,16H,5,7H2,1-3H3. The molecule has 17 heavy (non-hydrogen) atoms. The molecule has 0 amide bonds. The first-order valence-electron chi connectivity index (χ1n) is 5.69. The first-order chi connectivity index (χ1) is 8.22. The van der Waals surface area contributed by atoms with Crippen molar-refractivity contribution in [2.45, 2.75) is 26.3 Å². The normalized spacial score (nSPS) is 11.5. The van der Waals surface area contributed by atoms with E-state index in [2.05, 4.69) is 17.2 Å². The van der Waals surface area contributed by atoms with Gasteiger partial charge >= 0.3 is 0 Å². The van der Waals surface area contributed by atoms with Crippen LogP contribution in [0.1, 0.15) is 31.9 Å². The maximum absolute atomic E-state index is 13.3. The lowest BCUT2D eigenvalue weighted by Crippen LogP contribution is -2.20. The predicted molar refractivity (Wildman–Crippen MR) is 67.4 cm³/mol. The third kappa shape index (κ3) is 3.76. The predicted octanol–water partition coefficient (Wildman–Crippen LogP) is 2.90. The summed E-state index contributed by atoms with van der Waals surface area (Å²) in [5.74, 6) is 5.84. The molecule has 92 valence electrons. The zero-order valence-electron chi connectivity index (χ0n) is 10.5. The molecule has 0 aliphatic heterocycles. The van der Waals surface area contributed by atoms with Crippen LogP contribution >= 0.6 is 0 Å². The third-order valence-electron chi connectivity index (χ3n) is 2.51. The number of nitrogens with one attached hydrogen (secondary N) is 1. The molecule has 1 unspecified atom stereocenters. The van der Waals surface area contributed by atoms with Crippen LogP contribution in [0.15, 0.2) is 18.2 Å². The maximum Gasteiger partial charge on any atom is 0.165 e. The highest BCUT2D eigenvalue weighted by Gasteiger charge is 2.11. The molecule has 1 aromatic carbocycles. The highest BCUT2D eigenvalue weighted by molar-refractivity contribution is 5.32. The van der Waals surface area contributed by atoms with Crippen LogP contribution in [-0.4, -0.2) is 13.7 Å². The Morgan fingerprint density at radius 3 is 2.82 bits per heavy atom. The van der Waals surface area contributed by atoms with E-state index in [9.17, 15) is 4.39 Å². The van der Waals surface area contributed by atoms with Crippen LogP contribution < -0.4 is 10.1 Å². The van der Waals surface area contributed by atoms with Crippen LogP contribution in [0.25, 0.3) is 0 Å². The smallest absolute Gasteiger partial charge is 0.165 e. The van der Waals surface area contributed by atoms with E-state index in [1.807, 2.05) is 13.8 Å². The maximum atomic E-state index is 13.3. The summed E-state index contributed by atoms with van der Waals surface area (Å²) >= 11 is 0. The average molecular weight is 235 g/mol. The molecule has 2 nitrogen and oxygen atoms in total. The molecule has 1 N–H and O–H groups in total. The zero-order chi connectivity index (χ0) is 12.7. The molecule has 3 heteroatoms. The van der Waals surface area contributed by atoms with E-state index in [1.54, 1.807) is 12.1 Å². The third-order valence-corrected chi connectivity index (χ3v) is 2.51. The number of rotatable bonds is 5. The number of benzene rings is 1. The van der Waals surface area contributed by atoms with Gasteiger partial charge in [-0.15, -0.1) is 11.8 Å². The van der Waals surface area contributed by atoms with Gasteiger partial charge in [-0.1, -0.05) is 13.0 Å². The van der Waals surface area contributed by atoms with Crippen molar-refractivity contribution in [1.82, 2.24) is 5.32 Å². The number of halogens is 1. The van der Waals surface area contributed by atoms with Crippen LogP contribution in [0.2, 0.25) is 0 Å². The van der Waals surface area contributed by atoms with Crippen LogP contribution in [0.3, 0.4) is 0 Å².